The Bertz CT molecular complexity index is 463. The van der Waals surface area contributed by atoms with Gasteiger partial charge in [0.25, 0.3) is 0 Å². The van der Waals surface area contributed by atoms with Crippen molar-refractivity contribution >= 4 is 11.7 Å². The van der Waals surface area contributed by atoms with E-state index in [4.69, 9.17) is 5.73 Å². The predicted octanol–water partition coefficient (Wildman–Crippen LogP) is 2.31. The van der Waals surface area contributed by atoms with E-state index in [1.54, 1.807) is 4.90 Å². The Kier molecular flexibility index (Phi) is 4.31. The third kappa shape index (κ3) is 3.20. The van der Waals surface area contributed by atoms with E-state index in [1.165, 1.54) is 6.07 Å². The molecule has 3 N–H and O–H groups in total. The highest BCUT2D eigenvalue weighted by Gasteiger charge is 2.28. The number of nitrogens with zero attached hydrogens (tertiary/aromatic N) is 1. The lowest BCUT2D eigenvalue weighted by molar-refractivity contribution is 0.151. The average molecular weight is 269 g/mol. The van der Waals surface area contributed by atoms with E-state index in [1.807, 2.05) is 0 Å². The number of nitrogens with one attached hydrogen (secondary N) is 1. The number of rotatable bonds is 4. The Morgan fingerprint density at radius 3 is 2.68 bits per heavy atom. The van der Waals surface area contributed by atoms with Crippen LogP contribution in [0, 0.1) is 11.6 Å². The summed E-state index contributed by atoms with van der Waals surface area (Å²) >= 11 is 0. The van der Waals surface area contributed by atoms with Crippen LogP contribution in [0.15, 0.2) is 18.2 Å². The van der Waals surface area contributed by atoms with Crippen LogP contribution in [0.1, 0.15) is 19.3 Å². The van der Waals surface area contributed by atoms with Gasteiger partial charge in [0, 0.05) is 25.2 Å². The molecule has 6 heteroatoms. The molecule has 0 bridgehead atoms. The Morgan fingerprint density at radius 1 is 1.42 bits per heavy atom. The fourth-order valence-corrected chi connectivity index (χ4v) is 2.07. The summed E-state index contributed by atoms with van der Waals surface area (Å²) < 4.78 is 26.2. The molecule has 0 aromatic heterocycles. The Hall–Kier alpha value is -1.69. The molecule has 0 unspecified atom stereocenters. The van der Waals surface area contributed by atoms with Crippen molar-refractivity contribution < 1.29 is 13.6 Å². The summed E-state index contributed by atoms with van der Waals surface area (Å²) in [5, 5.41) is 2.46. The summed E-state index contributed by atoms with van der Waals surface area (Å²) in [6.45, 7) is 0.787. The van der Waals surface area contributed by atoms with Gasteiger partial charge in [-0.15, -0.1) is 0 Å². The zero-order valence-electron chi connectivity index (χ0n) is 10.5. The van der Waals surface area contributed by atoms with E-state index in [-0.39, 0.29) is 17.8 Å². The van der Waals surface area contributed by atoms with E-state index in [2.05, 4.69) is 5.32 Å². The number of anilines is 1. The highest BCUT2D eigenvalue weighted by molar-refractivity contribution is 5.89. The summed E-state index contributed by atoms with van der Waals surface area (Å²) in [6, 6.07) is 2.85. The fraction of sp³-hybridized carbons (Fsp3) is 0.462. The monoisotopic (exact) mass is 269 g/mol. The second-order valence-corrected chi connectivity index (χ2v) is 4.62. The van der Waals surface area contributed by atoms with Crippen LogP contribution in [0.5, 0.6) is 0 Å². The summed E-state index contributed by atoms with van der Waals surface area (Å²) in [4.78, 5) is 13.7. The fourth-order valence-electron chi connectivity index (χ4n) is 2.07. The molecule has 104 valence electrons. The molecule has 1 aliphatic rings. The third-order valence-corrected chi connectivity index (χ3v) is 3.32. The van der Waals surface area contributed by atoms with Crippen molar-refractivity contribution in [1.29, 1.82) is 0 Å². The zero-order valence-corrected chi connectivity index (χ0v) is 10.5. The van der Waals surface area contributed by atoms with Crippen LogP contribution in [0.4, 0.5) is 19.3 Å². The van der Waals surface area contributed by atoms with Crippen molar-refractivity contribution in [3.05, 3.63) is 29.8 Å². The molecular weight excluding hydrogens is 252 g/mol. The molecule has 1 aromatic carbocycles. The molecule has 1 aromatic rings. The van der Waals surface area contributed by atoms with E-state index >= 15 is 0 Å². The van der Waals surface area contributed by atoms with Gasteiger partial charge >= 0.3 is 6.03 Å². The SMILES string of the molecule is NCCN(C(=O)Nc1ccc(F)cc1F)C1CCC1. The molecule has 1 fully saturated rings. The van der Waals surface area contributed by atoms with E-state index in [0.29, 0.717) is 13.1 Å². The molecule has 0 saturated heterocycles. The van der Waals surface area contributed by atoms with E-state index < -0.39 is 11.6 Å². The van der Waals surface area contributed by atoms with Gasteiger partial charge in [0.1, 0.15) is 11.6 Å². The highest BCUT2D eigenvalue weighted by Crippen LogP contribution is 2.25. The second kappa shape index (κ2) is 5.97. The molecule has 0 radical (unpaired) electrons. The third-order valence-electron chi connectivity index (χ3n) is 3.32. The normalized spacial score (nSPS) is 14.9. The molecule has 2 amide bonds. The largest absolute Gasteiger partial charge is 0.329 e. The van der Waals surface area contributed by atoms with Crippen LogP contribution in [-0.4, -0.2) is 30.1 Å². The van der Waals surface area contributed by atoms with Crippen LogP contribution in [0.2, 0.25) is 0 Å². The van der Waals surface area contributed by atoms with Crippen molar-refractivity contribution in [2.24, 2.45) is 5.73 Å². The van der Waals surface area contributed by atoms with Crippen LogP contribution in [0.3, 0.4) is 0 Å². The lowest BCUT2D eigenvalue weighted by atomic mass is 9.91. The summed E-state index contributed by atoms with van der Waals surface area (Å²) in [6.07, 6.45) is 2.97. The summed E-state index contributed by atoms with van der Waals surface area (Å²) in [7, 11) is 0. The van der Waals surface area contributed by atoms with Gasteiger partial charge in [-0.3, -0.25) is 0 Å². The van der Waals surface area contributed by atoms with Crippen LogP contribution in [-0.2, 0) is 0 Å². The average Bonchev–Trinajstić information content (AvgIpc) is 2.30. The number of nitrogens with two attached hydrogens (primary N) is 1. The number of amides is 2. The smallest absolute Gasteiger partial charge is 0.322 e. The molecule has 1 saturated carbocycles. The maximum absolute atomic E-state index is 13.5. The lowest BCUT2D eigenvalue weighted by Crippen LogP contribution is -2.48. The lowest BCUT2D eigenvalue weighted by Gasteiger charge is -2.37. The highest BCUT2D eigenvalue weighted by atomic mass is 19.1. The van der Waals surface area contributed by atoms with E-state index in [9.17, 15) is 13.6 Å². The number of hydrogen-bond donors (Lipinski definition) is 2. The van der Waals surface area contributed by atoms with Gasteiger partial charge in [-0.05, 0) is 31.4 Å². The number of hydrogen-bond acceptors (Lipinski definition) is 2. The first-order valence-electron chi connectivity index (χ1n) is 6.34. The number of urea groups is 1. The van der Waals surface area contributed by atoms with Gasteiger partial charge in [0.15, 0.2) is 0 Å². The first-order chi connectivity index (χ1) is 9.11. The van der Waals surface area contributed by atoms with Crippen molar-refractivity contribution in [2.45, 2.75) is 25.3 Å². The van der Waals surface area contributed by atoms with Gasteiger partial charge in [0.2, 0.25) is 0 Å². The van der Waals surface area contributed by atoms with E-state index in [0.717, 1.165) is 31.4 Å². The van der Waals surface area contributed by atoms with Gasteiger partial charge in [0.05, 0.1) is 5.69 Å². The predicted molar refractivity (Wildman–Crippen MR) is 68.8 cm³/mol. The van der Waals surface area contributed by atoms with Crippen molar-refractivity contribution in [1.82, 2.24) is 4.90 Å². The number of carbonyl (C=O) groups excluding carboxylic acids is 1. The van der Waals surface area contributed by atoms with Crippen molar-refractivity contribution in [2.75, 3.05) is 18.4 Å². The summed E-state index contributed by atoms with van der Waals surface area (Å²) in [5.74, 6) is -1.46. The minimum atomic E-state index is -0.783. The van der Waals surface area contributed by atoms with Gasteiger partial charge in [-0.2, -0.15) is 0 Å². The molecule has 19 heavy (non-hydrogen) atoms. The number of benzene rings is 1. The molecule has 0 spiro atoms. The van der Waals surface area contributed by atoms with Gasteiger partial charge in [-0.1, -0.05) is 0 Å². The quantitative estimate of drug-likeness (QED) is 0.881. The number of halogens is 2. The standard InChI is InChI=1S/C13H17F2N3O/c14-9-4-5-12(11(15)8-9)17-13(19)18(7-6-16)10-2-1-3-10/h4-5,8,10H,1-3,6-7,16H2,(H,17,19). The maximum atomic E-state index is 13.5. The molecule has 1 aliphatic carbocycles. The van der Waals surface area contributed by atoms with Crippen molar-refractivity contribution in [3.63, 3.8) is 0 Å². The first kappa shape index (κ1) is 13.7. The van der Waals surface area contributed by atoms with Crippen LogP contribution in [0.25, 0.3) is 0 Å². The molecule has 0 heterocycles. The minimum Gasteiger partial charge on any atom is -0.329 e. The first-order valence-corrected chi connectivity index (χ1v) is 6.34. The topological polar surface area (TPSA) is 58.4 Å². The Morgan fingerprint density at radius 2 is 2.16 bits per heavy atom. The zero-order chi connectivity index (χ0) is 13.8. The van der Waals surface area contributed by atoms with Crippen LogP contribution < -0.4 is 11.1 Å². The van der Waals surface area contributed by atoms with Gasteiger partial charge in [-0.25, -0.2) is 13.6 Å². The summed E-state index contributed by atoms with van der Waals surface area (Å²) in [5.41, 5.74) is 5.46. The molecule has 0 atom stereocenters. The molecule has 2 rings (SSSR count). The Labute approximate surface area is 110 Å². The van der Waals surface area contributed by atoms with Gasteiger partial charge < -0.3 is 16.0 Å². The number of carbonyl (C=O) groups is 1. The Balaban J connectivity index is 2.05. The molecule has 4 nitrogen and oxygen atoms in total. The van der Waals surface area contributed by atoms with Crippen molar-refractivity contribution in [3.8, 4) is 0 Å². The minimum absolute atomic E-state index is 0.0206. The molecule has 0 aliphatic heterocycles. The molecular formula is C13H17F2N3O. The van der Waals surface area contributed by atoms with Crippen LogP contribution >= 0.6 is 0 Å². The maximum Gasteiger partial charge on any atom is 0.322 e. The second-order valence-electron chi connectivity index (χ2n) is 4.62.